The quantitative estimate of drug-likeness (QED) is 0.773. The highest BCUT2D eigenvalue weighted by molar-refractivity contribution is 5.69. The minimum absolute atomic E-state index is 0.00764. The van der Waals surface area contributed by atoms with Crippen LogP contribution < -0.4 is 0 Å². The van der Waals surface area contributed by atoms with Crippen molar-refractivity contribution in [3.05, 3.63) is 48.0 Å². The average molecular weight is 357 g/mol. The van der Waals surface area contributed by atoms with Crippen molar-refractivity contribution >= 4 is 6.09 Å². The molecule has 5 nitrogen and oxygen atoms in total. The van der Waals surface area contributed by atoms with Crippen LogP contribution in [0.5, 0.6) is 0 Å². The van der Waals surface area contributed by atoms with Gasteiger partial charge in [-0.1, -0.05) is 42.5 Å². The molecule has 1 aromatic rings. The van der Waals surface area contributed by atoms with Gasteiger partial charge in [0.1, 0.15) is 12.7 Å². The third-order valence-corrected chi connectivity index (χ3v) is 5.84. The summed E-state index contributed by atoms with van der Waals surface area (Å²) in [5, 5.41) is 0. The second-order valence-corrected chi connectivity index (χ2v) is 8.17. The van der Waals surface area contributed by atoms with Crippen LogP contribution in [0.2, 0.25) is 0 Å². The van der Waals surface area contributed by atoms with Crippen LogP contribution in [0, 0.1) is 11.8 Å². The van der Waals surface area contributed by atoms with Crippen molar-refractivity contribution in [3.63, 3.8) is 0 Å². The summed E-state index contributed by atoms with van der Waals surface area (Å²) in [6, 6.07) is 9.74. The number of rotatable bonds is 3. The molecule has 2 heterocycles. The summed E-state index contributed by atoms with van der Waals surface area (Å²) in [4.78, 5) is 14.7. The fraction of sp³-hybridized carbons (Fsp3) is 0.571. The van der Waals surface area contributed by atoms with Crippen LogP contribution in [-0.4, -0.2) is 41.6 Å². The molecule has 3 aliphatic rings. The number of nitrogens with zero attached hydrogens (tertiary/aromatic N) is 1. The van der Waals surface area contributed by atoms with Gasteiger partial charge in [0.25, 0.3) is 0 Å². The van der Waals surface area contributed by atoms with E-state index in [9.17, 15) is 4.79 Å². The number of hydrogen-bond donors (Lipinski definition) is 0. The molecule has 1 aliphatic carbocycles. The second-order valence-electron chi connectivity index (χ2n) is 8.17. The minimum atomic E-state index is -0.596. The van der Waals surface area contributed by atoms with E-state index in [0.29, 0.717) is 12.5 Å². The van der Waals surface area contributed by atoms with Crippen LogP contribution >= 0.6 is 0 Å². The van der Waals surface area contributed by atoms with E-state index in [1.54, 1.807) is 0 Å². The van der Waals surface area contributed by atoms with Gasteiger partial charge in [0.05, 0.1) is 12.1 Å². The number of hydrogen-bond acceptors (Lipinski definition) is 4. The molecule has 1 saturated carbocycles. The van der Waals surface area contributed by atoms with Crippen LogP contribution in [0.1, 0.15) is 32.8 Å². The number of ether oxygens (including phenoxy) is 3. The molecule has 1 amide bonds. The Kier molecular flexibility index (Phi) is 4.32. The molecule has 140 valence electrons. The molecular weight excluding hydrogens is 330 g/mol. The Hall–Kier alpha value is -1.85. The van der Waals surface area contributed by atoms with E-state index in [2.05, 4.69) is 6.58 Å². The molecule has 2 aliphatic heterocycles. The van der Waals surface area contributed by atoms with Gasteiger partial charge in [-0.25, -0.2) is 4.79 Å². The molecule has 3 fully saturated rings. The van der Waals surface area contributed by atoms with Gasteiger partial charge in [0.15, 0.2) is 5.79 Å². The number of fused-ring (bicyclic) bond motifs is 3. The van der Waals surface area contributed by atoms with Crippen molar-refractivity contribution in [2.45, 2.75) is 57.8 Å². The zero-order chi connectivity index (χ0) is 18.5. The SMILES string of the molecule is C=C(C)[C@H]1CN(C(=O)OCc2ccccc2)[C@@H]2[C@H]1C[C@H]1OC(C)(C)O[C@@H]21. The lowest BCUT2D eigenvalue weighted by Crippen LogP contribution is -2.45. The van der Waals surface area contributed by atoms with Crippen LogP contribution in [0.3, 0.4) is 0 Å². The van der Waals surface area contributed by atoms with Gasteiger partial charge in [-0.05, 0) is 38.7 Å². The molecule has 5 atom stereocenters. The topological polar surface area (TPSA) is 48.0 Å². The maximum Gasteiger partial charge on any atom is 0.410 e. The Bertz CT molecular complexity index is 701. The molecule has 0 bridgehead atoms. The first-order valence-electron chi connectivity index (χ1n) is 9.34. The minimum Gasteiger partial charge on any atom is -0.445 e. The third-order valence-electron chi connectivity index (χ3n) is 5.84. The van der Waals surface area contributed by atoms with Crippen molar-refractivity contribution in [2.75, 3.05) is 6.54 Å². The van der Waals surface area contributed by atoms with E-state index in [4.69, 9.17) is 14.2 Å². The summed E-state index contributed by atoms with van der Waals surface area (Å²) >= 11 is 0. The lowest BCUT2D eigenvalue weighted by atomic mass is 9.87. The van der Waals surface area contributed by atoms with E-state index < -0.39 is 5.79 Å². The summed E-state index contributed by atoms with van der Waals surface area (Å²) in [7, 11) is 0. The summed E-state index contributed by atoms with van der Waals surface area (Å²) in [5.74, 6) is -0.00521. The van der Waals surface area contributed by atoms with Crippen molar-refractivity contribution in [1.82, 2.24) is 4.90 Å². The fourth-order valence-corrected chi connectivity index (χ4v) is 4.79. The van der Waals surface area contributed by atoms with E-state index in [1.807, 2.05) is 56.0 Å². The highest BCUT2D eigenvalue weighted by atomic mass is 16.8. The Labute approximate surface area is 154 Å². The zero-order valence-corrected chi connectivity index (χ0v) is 15.7. The van der Waals surface area contributed by atoms with Crippen molar-refractivity contribution in [1.29, 1.82) is 0 Å². The lowest BCUT2D eigenvalue weighted by Gasteiger charge is -2.28. The molecule has 0 radical (unpaired) electrons. The van der Waals surface area contributed by atoms with Gasteiger partial charge < -0.3 is 19.1 Å². The monoisotopic (exact) mass is 357 g/mol. The van der Waals surface area contributed by atoms with Crippen LogP contribution in [0.4, 0.5) is 4.79 Å². The molecule has 0 unspecified atom stereocenters. The maximum absolute atomic E-state index is 12.9. The standard InChI is InChI=1S/C21H27NO4/c1-13(2)16-11-22(20(23)24-12-14-8-6-5-7-9-14)18-15(16)10-17-19(18)26-21(3,4)25-17/h5-9,15-19H,1,10-12H2,2-4H3/t15-,16+,17+,18+,19+/m0/s1. The lowest BCUT2D eigenvalue weighted by molar-refractivity contribution is -0.158. The Balaban J connectivity index is 1.51. The highest BCUT2D eigenvalue weighted by Crippen LogP contribution is 2.50. The fourth-order valence-electron chi connectivity index (χ4n) is 4.79. The Morgan fingerprint density at radius 1 is 1.31 bits per heavy atom. The van der Waals surface area contributed by atoms with Gasteiger partial charge in [-0.2, -0.15) is 0 Å². The molecule has 4 rings (SSSR count). The molecule has 0 spiro atoms. The van der Waals surface area contributed by atoms with Gasteiger partial charge in [-0.3, -0.25) is 0 Å². The predicted molar refractivity (Wildman–Crippen MR) is 97.4 cm³/mol. The molecule has 1 aromatic carbocycles. The largest absolute Gasteiger partial charge is 0.445 e. The maximum atomic E-state index is 12.9. The average Bonchev–Trinajstić information content (AvgIpc) is 3.20. The summed E-state index contributed by atoms with van der Waals surface area (Å²) in [6.45, 7) is 11.0. The van der Waals surface area contributed by atoms with Gasteiger partial charge >= 0.3 is 6.09 Å². The van der Waals surface area contributed by atoms with Crippen molar-refractivity contribution in [3.8, 4) is 0 Å². The number of carbonyl (C=O) groups excluding carboxylic acids is 1. The van der Waals surface area contributed by atoms with Gasteiger partial charge in [0.2, 0.25) is 0 Å². The third kappa shape index (κ3) is 3.03. The number of likely N-dealkylation sites (tertiary alicyclic amines) is 1. The number of amides is 1. The summed E-state index contributed by atoms with van der Waals surface area (Å²) in [6.07, 6.45) is 0.565. The van der Waals surface area contributed by atoms with Crippen LogP contribution in [0.15, 0.2) is 42.5 Å². The molecule has 26 heavy (non-hydrogen) atoms. The summed E-state index contributed by atoms with van der Waals surface area (Å²) in [5.41, 5.74) is 2.09. The van der Waals surface area contributed by atoms with Crippen LogP contribution in [-0.2, 0) is 20.8 Å². The molecule has 0 N–H and O–H groups in total. The molecule has 5 heteroatoms. The van der Waals surface area contributed by atoms with E-state index >= 15 is 0 Å². The van der Waals surface area contributed by atoms with Gasteiger partial charge in [0, 0.05) is 12.5 Å². The molecular formula is C21H27NO4. The highest BCUT2D eigenvalue weighted by Gasteiger charge is 2.61. The zero-order valence-electron chi connectivity index (χ0n) is 15.7. The smallest absolute Gasteiger partial charge is 0.410 e. The summed E-state index contributed by atoms with van der Waals surface area (Å²) < 4.78 is 17.8. The second kappa shape index (κ2) is 6.39. The van der Waals surface area contributed by atoms with E-state index in [0.717, 1.165) is 17.6 Å². The van der Waals surface area contributed by atoms with Crippen LogP contribution in [0.25, 0.3) is 0 Å². The first kappa shape index (κ1) is 17.6. The first-order chi connectivity index (χ1) is 12.4. The Morgan fingerprint density at radius 2 is 2.04 bits per heavy atom. The van der Waals surface area contributed by atoms with E-state index in [1.165, 1.54) is 0 Å². The Morgan fingerprint density at radius 3 is 2.73 bits per heavy atom. The van der Waals surface area contributed by atoms with E-state index in [-0.39, 0.29) is 36.9 Å². The number of carbonyl (C=O) groups is 1. The molecule has 2 saturated heterocycles. The molecule has 0 aromatic heterocycles. The number of benzene rings is 1. The first-order valence-corrected chi connectivity index (χ1v) is 9.34. The normalized spacial score (nSPS) is 34.4. The predicted octanol–water partition coefficient (Wildman–Crippen LogP) is 3.74. The van der Waals surface area contributed by atoms with Gasteiger partial charge in [-0.15, -0.1) is 0 Å². The van der Waals surface area contributed by atoms with Crippen molar-refractivity contribution in [2.24, 2.45) is 11.8 Å². The van der Waals surface area contributed by atoms with Crippen molar-refractivity contribution < 1.29 is 19.0 Å².